The first-order valence-corrected chi connectivity index (χ1v) is 7.19. The smallest absolute Gasteiger partial charge is 0.123 e. The second-order valence-electron chi connectivity index (χ2n) is 5.21. The van der Waals surface area contributed by atoms with Gasteiger partial charge in [0.05, 0.1) is 0 Å². The lowest BCUT2D eigenvalue weighted by Crippen LogP contribution is -2.24. The third-order valence-electron chi connectivity index (χ3n) is 3.73. The molecule has 112 valence electrons. The Kier molecular flexibility index (Phi) is 5.28. The van der Waals surface area contributed by atoms with Crippen LogP contribution in [0.4, 0.5) is 10.1 Å². The van der Waals surface area contributed by atoms with E-state index in [4.69, 9.17) is 0 Å². The first-order valence-electron chi connectivity index (χ1n) is 7.19. The van der Waals surface area contributed by atoms with Crippen molar-refractivity contribution in [2.75, 3.05) is 25.5 Å². The Morgan fingerprint density at radius 1 is 1.29 bits per heavy atom. The zero-order valence-corrected chi connectivity index (χ0v) is 12.8. The van der Waals surface area contributed by atoms with Gasteiger partial charge in [-0.2, -0.15) is 0 Å². The number of likely N-dealkylation sites (N-methyl/N-ethyl adjacent to an activating group) is 1. The van der Waals surface area contributed by atoms with E-state index < -0.39 is 0 Å². The maximum Gasteiger partial charge on any atom is 0.123 e. The Balaban J connectivity index is 2.13. The van der Waals surface area contributed by atoms with Crippen molar-refractivity contribution in [3.8, 4) is 0 Å². The molecule has 2 rings (SSSR count). The highest BCUT2D eigenvalue weighted by Gasteiger charge is 2.13. The van der Waals surface area contributed by atoms with Gasteiger partial charge >= 0.3 is 0 Å². The molecule has 3 nitrogen and oxygen atoms in total. The first-order chi connectivity index (χ1) is 10.1. The molecule has 1 heterocycles. The van der Waals surface area contributed by atoms with Crippen LogP contribution in [0.1, 0.15) is 24.2 Å². The molecule has 0 saturated carbocycles. The second kappa shape index (κ2) is 7.18. The molecule has 0 aliphatic carbocycles. The van der Waals surface area contributed by atoms with Crippen LogP contribution >= 0.6 is 0 Å². The van der Waals surface area contributed by atoms with Crippen LogP contribution in [0.5, 0.6) is 0 Å². The van der Waals surface area contributed by atoms with Crippen molar-refractivity contribution in [3.63, 3.8) is 0 Å². The molecule has 0 radical (unpaired) electrons. The van der Waals surface area contributed by atoms with Crippen LogP contribution in [0.15, 0.2) is 42.6 Å². The Hall–Kier alpha value is -1.94. The summed E-state index contributed by atoms with van der Waals surface area (Å²) in [6.45, 7) is 2.87. The lowest BCUT2D eigenvalue weighted by atomic mass is 10.0. The van der Waals surface area contributed by atoms with Crippen LogP contribution in [-0.4, -0.2) is 25.6 Å². The SMILES string of the molecule is CNC(C)c1cc(F)ccc1N(C)CCc1ccccn1. The maximum absolute atomic E-state index is 13.5. The van der Waals surface area contributed by atoms with E-state index in [1.165, 1.54) is 6.07 Å². The predicted octanol–water partition coefficient (Wildman–Crippen LogP) is 3.18. The lowest BCUT2D eigenvalue weighted by Gasteiger charge is -2.25. The number of halogens is 1. The Bertz CT molecular complexity index is 572. The summed E-state index contributed by atoms with van der Waals surface area (Å²) in [7, 11) is 3.91. The van der Waals surface area contributed by atoms with Crippen molar-refractivity contribution in [1.29, 1.82) is 0 Å². The van der Waals surface area contributed by atoms with Crippen molar-refractivity contribution in [2.24, 2.45) is 0 Å². The minimum atomic E-state index is -0.200. The van der Waals surface area contributed by atoms with Gasteiger partial charge in [-0.3, -0.25) is 4.98 Å². The molecule has 0 fully saturated rings. The Morgan fingerprint density at radius 3 is 2.76 bits per heavy atom. The average Bonchev–Trinajstić information content (AvgIpc) is 2.52. The fourth-order valence-corrected chi connectivity index (χ4v) is 2.32. The second-order valence-corrected chi connectivity index (χ2v) is 5.21. The van der Waals surface area contributed by atoms with E-state index in [0.29, 0.717) is 0 Å². The van der Waals surface area contributed by atoms with Crippen molar-refractivity contribution in [3.05, 3.63) is 59.7 Å². The molecule has 21 heavy (non-hydrogen) atoms. The van der Waals surface area contributed by atoms with Crippen molar-refractivity contribution >= 4 is 5.69 Å². The molecule has 1 N–H and O–H groups in total. The third kappa shape index (κ3) is 4.02. The highest BCUT2D eigenvalue weighted by Crippen LogP contribution is 2.26. The number of aromatic nitrogens is 1. The monoisotopic (exact) mass is 287 g/mol. The van der Waals surface area contributed by atoms with Gasteiger partial charge in [0.15, 0.2) is 0 Å². The quantitative estimate of drug-likeness (QED) is 0.884. The van der Waals surface area contributed by atoms with Gasteiger partial charge in [-0.15, -0.1) is 0 Å². The summed E-state index contributed by atoms with van der Waals surface area (Å²) in [5, 5.41) is 3.17. The number of hydrogen-bond acceptors (Lipinski definition) is 3. The molecule has 0 amide bonds. The number of benzene rings is 1. The van der Waals surface area contributed by atoms with Crippen LogP contribution in [0, 0.1) is 5.82 Å². The summed E-state index contributed by atoms with van der Waals surface area (Å²) in [4.78, 5) is 6.48. The van der Waals surface area contributed by atoms with Crippen molar-refractivity contribution < 1.29 is 4.39 Å². The van der Waals surface area contributed by atoms with Gasteiger partial charge < -0.3 is 10.2 Å². The molecule has 1 unspecified atom stereocenters. The minimum Gasteiger partial charge on any atom is -0.374 e. The summed E-state index contributed by atoms with van der Waals surface area (Å²) < 4.78 is 13.5. The van der Waals surface area contributed by atoms with E-state index in [1.54, 1.807) is 6.07 Å². The molecule has 0 spiro atoms. The average molecular weight is 287 g/mol. The first kappa shape index (κ1) is 15.4. The van der Waals surface area contributed by atoms with Gasteiger partial charge in [-0.25, -0.2) is 4.39 Å². The van der Waals surface area contributed by atoms with Gasteiger partial charge in [0.25, 0.3) is 0 Å². The standard InChI is InChI=1S/C17H22FN3/c1-13(19-2)16-12-14(18)7-8-17(16)21(3)11-9-15-6-4-5-10-20-15/h4-8,10,12-13,19H,9,11H2,1-3H3. The van der Waals surface area contributed by atoms with E-state index >= 15 is 0 Å². The molecule has 1 aromatic heterocycles. The summed E-state index contributed by atoms with van der Waals surface area (Å²) in [5.41, 5.74) is 3.09. The van der Waals surface area contributed by atoms with E-state index in [-0.39, 0.29) is 11.9 Å². The molecule has 0 aliphatic heterocycles. The molecule has 0 saturated heterocycles. The van der Waals surface area contributed by atoms with Crippen LogP contribution in [0.25, 0.3) is 0 Å². The van der Waals surface area contributed by atoms with Crippen molar-refractivity contribution in [2.45, 2.75) is 19.4 Å². The fourth-order valence-electron chi connectivity index (χ4n) is 2.32. The number of pyridine rings is 1. The fraction of sp³-hybridized carbons (Fsp3) is 0.353. The minimum absolute atomic E-state index is 0.105. The zero-order valence-electron chi connectivity index (χ0n) is 12.8. The summed E-state index contributed by atoms with van der Waals surface area (Å²) >= 11 is 0. The number of nitrogens with zero attached hydrogens (tertiary/aromatic N) is 2. The molecule has 4 heteroatoms. The normalized spacial score (nSPS) is 12.2. The van der Waals surface area contributed by atoms with E-state index in [0.717, 1.165) is 29.9 Å². The van der Waals surface area contributed by atoms with Gasteiger partial charge in [0.2, 0.25) is 0 Å². The molecular formula is C17H22FN3. The summed E-state index contributed by atoms with van der Waals surface area (Å²) in [6.07, 6.45) is 2.67. The molecule has 1 aromatic carbocycles. The predicted molar refractivity (Wildman–Crippen MR) is 85.1 cm³/mol. The van der Waals surface area contributed by atoms with E-state index in [9.17, 15) is 4.39 Å². The van der Waals surface area contributed by atoms with Crippen LogP contribution in [0.2, 0.25) is 0 Å². The largest absolute Gasteiger partial charge is 0.374 e. The molecule has 2 aromatic rings. The van der Waals surface area contributed by atoms with Gasteiger partial charge in [0, 0.05) is 43.6 Å². The number of rotatable bonds is 6. The summed E-state index contributed by atoms with van der Waals surface area (Å²) in [5.74, 6) is -0.200. The van der Waals surface area contributed by atoms with Gasteiger partial charge in [-0.1, -0.05) is 6.07 Å². The summed E-state index contributed by atoms with van der Waals surface area (Å²) in [6, 6.07) is 11.0. The molecule has 0 aliphatic rings. The Labute approximate surface area is 125 Å². The number of anilines is 1. The topological polar surface area (TPSA) is 28.2 Å². The molecule has 1 atom stereocenters. The molecule has 0 bridgehead atoms. The van der Waals surface area contributed by atoms with Crippen LogP contribution in [0.3, 0.4) is 0 Å². The van der Waals surface area contributed by atoms with Crippen molar-refractivity contribution in [1.82, 2.24) is 10.3 Å². The lowest BCUT2D eigenvalue weighted by molar-refractivity contribution is 0.607. The zero-order chi connectivity index (χ0) is 15.2. The third-order valence-corrected chi connectivity index (χ3v) is 3.73. The van der Waals surface area contributed by atoms with E-state index in [2.05, 4.69) is 15.2 Å². The highest BCUT2D eigenvalue weighted by molar-refractivity contribution is 5.54. The highest BCUT2D eigenvalue weighted by atomic mass is 19.1. The van der Waals surface area contributed by atoms with Crippen LogP contribution in [-0.2, 0) is 6.42 Å². The number of nitrogens with one attached hydrogen (secondary N) is 1. The van der Waals surface area contributed by atoms with E-state index in [1.807, 2.05) is 51.5 Å². The van der Waals surface area contributed by atoms with Gasteiger partial charge in [-0.05, 0) is 49.9 Å². The Morgan fingerprint density at radius 2 is 2.10 bits per heavy atom. The molecular weight excluding hydrogens is 265 g/mol. The number of hydrogen-bond donors (Lipinski definition) is 1. The van der Waals surface area contributed by atoms with Gasteiger partial charge in [0.1, 0.15) is 5.82 Å². The maximum atomic E-state index is 13.5. The van der Waals surface area contributed by atoms with Crippen LogP contribution < -0.4 is 10.2 Å².